The second-order valence-electron chi connectivity index (χ2n) is 3.43. The molecule has 0 unspecified atom stereocenters. The van der Waals surface area contributed by atoms with E-state index < -0.39 is 5.97 Å². The number of rotatable bonds is 3. The van der Waals surface area contributed by atoms with Gasteiger partial charge in [-0.3, -0.25) is 0 Å². The zero-order valence-electron chi connectivity index (χ0n) is 7.86. The summed E-state index contributed by atoms with van der Waals surface area (Å²) >= 11 is 1.59. The van der Waals surface area contributed by atoms with E-state index in [9.17, 15) is 4.79 Å². The molecular weight excluding hydrogens is 198 g/mol. The van der Waals surface area contributed by atoms with Gasteiger partial charge in [-0.15, -0.1) is 11.8 Å². The largest absolute Gasteiger partial charge is 0.478 e. The Morgan fingerprint density at radius 3 is 2.93 bits per heavy atom. The quantitative estimate of drug-likeness (QED) is 0.830. The number of aromatic nitrogens is 1. The monoisotopic (exact) mass is 209 g/mol. The molecule has 2 rings (SSSR count). The van der Waals surface area contributed by atoms with Crippen molar-refractivity contribution in [2.45, 2.75) is 30.0 Å². The van der Waals surface area contributed by atoms with Gasteiger partial charge in [0.15, 0.2) is 0 Å². The molecule has 1 aromatic heterocycles. The number of hydrogen-bond donors (Lipinski definition) is 1. The highest BCUT2D eigenvalue weighted by Gasteiger charge is 2.26. The van der Waals surface area contributed by atoms with Gasteiger partial charge in [-0.1, -0.05) is 0 Å². The van der Waals surface area contributed by atoms with Crippen molar-refractivity contribution >= 4 is 17.7 Å². The lowest BCUT2D eigenvalue weighted by Crippen LogP contribution is -2.04. The summed E-state index contributed by atoms with van der Waals surface area (Å²) in [4.78, 5) is 15.1. The van der Waals surface area contributed by atoms with Crippen LogP contribution in [-0.4, -0.2) is 21.3 Å². The minimum absolute atomic E-state index is 0.365. The minimum atomic E-state index is -0.876. The van der Waals surface area contributed by atoms with E-state index in [0.29, 0.717) is 15.8 Å². The van der Waals surface area contributed by atoms with Gasteiger partial charge in [-0.2, -0.15) is 0 Å². The van der Waals surface area contributed by atoms with Gasteiger partial charge in [0.05, 0.1) is 5.56 Å². The number of thioether (sulfide) groups is 1. The number of carbonyl (C=O) groups is 1. The first-order valence-corrected chi connectivity index (χ1v) is 5.42. The fourth-order valence-electron chi connectivity index (χ4n) is 1.23. The van der Waals surface area contributed by atoms with Gasteiger partial charge in [-0.25, -0.2) is 9.78 Å². The third kappa shape index (κ3) is 1.90. The van der Waals surface area contributed by atoms with Crippen LogP contribution in [0.1, 0.15) is 28.8 Å². The summed E-state index contributed by atoms with van der Waals surface area (Å²) < 4.78 is 0. The maximum Gasteiger partial charge on any atom is 0.338 e. The van der Waals surface area contributed by atoms with Crippen molar-refractivity contribution < 1.29 is 9.90 Å². The van der Waals surface area contributed by atoms with Crippen molar-refractivity contribution in [3.05, 3.63) is 23.4 Å². The lowest BCUT2D eigenvalue weighted by Gasteiger charge is -2.05. The standard InChI is InChI=1S/C10H11NO2S/c1-6-4-5-11-9(8(6)10(12)13)14-7-2-3-7/h4-5,7H,2-3H2,1H3,(H,12,13). The van der Waals surface area contributed by atoms with Crippen molar-refractivity contribution in [2.24, 2.45) is 0 Å². The predicted octanol–water partition coefficient (Wildman–Crippen LogP) is 2.34. The van der Waals surface area contributed by atoms with Crippen LogP contribution in [0.2, 0.25) is 0 Å². The molecule has 1 fully saturated rings. The molecule has 0 radical (unpaired) electrons. The molecule has 4 heteroatoms. The Morgan fingerprint density at radius 2 is 2.36 bits per heavy atom. The molecule has 0 amide bonds. The number of nitrogens with zero attached hydrogens (tertiary/aromatic N) is 1. The van der Waals surface area contributed by atoms with Gasteiger partial charge in [0, 0.05) is 11.4 Å². The maximum atomic E-state index is 11.0. The van der Waals surface area contributed by atoms with Crippen molar-refractivity contribution in [2.75, 3.05) is 0 Å². The fraction of sp³-hybridized carbons (Fsp3) is 0.400. The first-order valence-electron chi connectivity index (χ1n) is 4.54. The Labute approximate surface area is 86.5 Å². The van der Waals surface area contributed by atoms with Crippen LogP contribution in [0.15, 0.2) is 17.3 Å². The summed E-state index contributed by atoms with van der Waals surface area (Å²) in [5, 5.41) is 10.3. The number of carboxylic acid groups (broad SMARTS) is 1. The number of pyridine rings is 1. The molecule has 1 N–H and O–H groups in total. The molecule has 14 heavy (non-hydrogen) atoms. The van der Waals surface area contributed by atoms with Gasteiger partial charge < -0.3 is 5.11 Å². The van der Waals surface area contributed by atoms with Crippen molar-refractivity contribution in [1.29, 1.82) is 0 Å². The molecule has 74 valence electrons. The minimum Gasteiger partial charge on any atom is -0.478 e. The SMILES string of the molecule is Cc1ccnc(SC2CC2)c1C(=O)O. The van der Waals surface area contributed by atoms with Crippen LogP contribution in [-0.2, 0) is 0 Å². The summed E-state index contributed by atoms with van der Waals surface area (Å²) in [7, 11) is 0. The number of hydrogen-bond acceptors (Lipinski definition) is 3. The first kappa shape index (κ1) is 9.52. The smallest absolute Gasteiger partial charge is 0.338 e. The van der Waals surface area contributed by atoms with Gasteiger partial charge in [0.2, 0.25) is 0 Å². The highest BCUT2D eigenvalue weighted by molar-refractivity contribution is 8.00. The van der Waals surface area contributed by atoms with Gasteiger partial charge in [-0.05, 0) is 31.4 Å². The second-order valence-corrected chi connectivity index (χ2v) is 4.72. The summed E-state index contributed by atoms with van der Waals surface area (Å²) in [5.74, 6) is -0.876. The van der Waals surface area contributed by atoms with E-state index in [2.05, 4.69) is 4.98 Å². The second kappa shape index (κ2) is 3.61. The third-order valence-electron chi connectivity index (χ3n) is 2.14. The Balaban J connectivity index is 2.35. The molecule has 0 spiro atoms. The average molecular weight is 209 g/mol. The van der Waals surface area contributed by atoms with E-state index in [1.165, 1.54) is 12.8 Å². The van der Waals surface area contributed by atoms with E-state index >= 15 is 0 Å². The van der Waals surface area contributed by atoms with E-state index in [-0.39, 0.29) is 0 Å². The van der Waals surface area contributed by atoms with Gasteiger partial charge in [0.1, 0.15) is 5.03 Å². The van der Waals surface area contributed by atoms with Crippen LogP contribution in [0.4, 0.5) is 0 Å². The van der Waals surface area contributed by atoms with Crippen molar-refractivity contribution in [3.8, 4) is 0 Å². The van der Waals surface area contributed by atoms with E-state index in [1.54, 1.807) is 24.0 Å². The predicted molar refractivity (Wildman–Crippen MR) is 54.8 cm³/mol. The first-order chi connectivity index (χ1) is 6.68. The molecule has 1 heterocycles. The number of aromatic carboxylic acids is 1. The van der Waals surface area contributed by atoms with Crippen LogP contribution in [0.25, 0.3) is 0 Å². The molecule has 1 aliphatic rings. The molecular formula is C10H11NO2S. The van der Waals surface area contributed by atoms with Crippen molar-refractivity contribution in [1.82, 2.24) is 4.98 Å². The molecule has 0 aromatic carbocycles. The van der Waals surface area contributed by atoms with Crippen molar-refractivity contribution in [3.63, 3.8) is 0 Å². The maximum absolute atomic E-state index is 11.0. The van der Waals surface area contributed by atoms with E-state index in [1.807, 2.05) is 6.92 Å². The van der Waals surface area contributed by atoms with Crippen LogP contribution in [0, 0.1) is 6.92 Å². The highest BCUT2D eigenvalue weighted by Crippen LogP contribution is 2.39. The molecule has 3 nitrogen and oxygen atoms in total. The normalized spacial score (nSPS) is 15.5. The lowest BCUT2D eigenvalue weighted by molar-refractivity contribution is 0.0691. The summed E-state index contributed by atoms with van der Waals surface area (Å²) in [6.07, 6.45) is 4.03. The van der Waals surface area contributed by atoms with Crippen LogP contribution in [0.3, 0.4) is 0 Å². The number of aryl methyl sites for hydroxylation is 1. The molecule has 0 atom stereocenters. The average Bonchev–Trinajstić information content (AvgIpc) is 2.87. The molecule has 0 aliphatic heterocycles. The van der Waals surface area contributed by atoms with Crippen LogP contribution < -0.4 is 0 Å². The Morgan fingerprint density at radius 1 is 1.64 bits per heavy atom. The zero-order chi connectivity index (χ0) is 10.1. The topological polar surface area (TPSA) is 50.2 Å². The van der Waals surface area contributed by atoms with Crippen LogP contribution >= 0.6 is 11.8 Å². The van der Waals surface area contributed by atoms with Gasteiger partial charge in [0.25, 0.3) is 0 Å². The highest BCUT2D eigenvalue weighted by atomic mass is 32.2. The fourth-order valence-corrected chi connectivity index (χ4v) is 2.40. The van der Waals surface area contributed by atoms with Gasteiger partial charge >= 0.3 is 5.97 Å². The van der Waals surface area contributed by atoms with E-state index in [0.717, 1.165) is 5.56 Å². The summed E-state index contributed by atoms with van der Waals surface area (Å²) in [6.45, 7) is 1.81. The lowest BCUT2D eigenvalue weighted by atomic mass is 10.2. The third-order valence-corrected chi connectivity index (χ3v) is 3.48. The molecule has 0 saturated heterocycles. The molecule has 0 bridgehead atoms. The number of carboxylic acids is 1. The zero-order valence-corrected chi connectivity index (χ0v) is 8.67. The summed E-state index contributed by atoms with van der Waals surface area (Å²) in [6, 6.07) is 1.74. The Hall–Kier alpha value is -1.03. The van der Waals surface area contributed by atoms with Crippen LogP contribution in [0.5, 0.6) is 0 Å². The van der Waals surface area contributed by atoms with E-state index in [4.69, 9.17) is 5.11 Å². The summed E-state index contributed by atoms with van der Waals surface area (Å²) in [5.41, 5.74) is 1.15. The molecule has 1 aliphatic carbocycles. The Kier molecular flexibility index (Phi) is 2.46. The Bertz CT molecular complexity index is 374. The molecule has 1 saturated carbocycles. The molecule has 1 aromatic rings.